The summed E-state index contributed by atoms with van der Waals surface area (Å²) in [5.74, 6) is 2.18. The van der Waals surface area contributed by atoms with E-state index in [0.717, 1.165) is 47.3 Å². The molecule has 7 nitrogen and oxygen atoms in total. The number of benzene rings is 1. The number of aromatic amines is 1. The van der Waals surface area contributed by atoms with Crippen molar-refractivity contribution in [3.63, 3.8) is 0 Å². The number of nitrogens with zero attached hydrogens (tertiary/aromatic N) is 3. The van der Waals surface area contributed by atoms with Crippen molar-refractivity contribution in [2.24, 2.45) is 0 Å². The molecule has 0 aliphatic heterocycles. The second kappa shape index (κ2) is 6.92. The second-order valence-corrected chi connectivity index (χ2v) is 5.91. The summed E-state index contributed by atoms with van der Waals surface area (Å²) in [6, 6.07) is 3.86. The number of aromatic nitrogens is 3. The molecule has 7 heteroatoms. The van der Waals surface area contributed by atoms with Gasteiger partial charge in [0.1, 0.15) is 17.4 Å². The van der Waals surface area contributed by atoms with Gasteiger partial charge < -0.3 is 24.7 Å². The Morgan fingerprint density at radius 1 is 1.12 bits per heavy atom. The number of hydrogen-bond donors (Lipinski definition) is 2. The molecule has 2 heterocycles. The maximum atomic E-state index is 5.39. The molecule has 0 amide bonds. The van der Waals surface area contributed by atoms with Crippen molar-refractivity contribution in [3.05, 3.63) is 18.5 Å². The molecule has 0 radical (unpaired) electrons. The Bertz CT molecular complexity index is 844. The molecule has 0 saturated heterocycles. The lowest BCUT2D eigenvalue weighted by atomic mass is 10.2. The number of rotatable bonds is 7. The van der Waals surface area contributed by atoms with Crippen molar-refractivity contribution >= 4 is 27.8 Å². The molecule has 128 valence electrons. The van der Waals surface area contributed by atoms with Crippen molar-refractivity contribution < 1.29 is 9.47 Å². The number of methoxy groups -OCH3 is 2. The Hall–Kier alpha value is -2.54. The minimum absolute atomic E-state index is 0.685. The third kappa shape index (κ3) is 3.07. The molecular weight excluding hydrogens is 306 g/mol. The quantitative estimate of drug-likeness (QED) is 0.649. The molecular formula is C17H23N5O2. The summed E-state index contributed by atoms with van der Waals surface area (Å²) >= 11 is 0. The number of fused-ring (bicyclic) bond motifs is 3. The third-order valence-corrected chi connectivity index (χ3v) is 3.96. The number of nitrogens with one attached hydrogen (secondary N) is 2. The van der Waals surface area contributed by atoms with Gasteiger partial charge in [0.15, 0.2) is 17.3 Å². The van der Waals surface area contributed by atoms with E-state index in [9.17, 15) is 0 Å². The van der Waals surface area contributed by atoms with Crippen molar-refractivity contribution in [2.45, 2.75) is 6.42 Å². The molecule has 0 atom stereocenters. The van der Waals surface area contributed by atoms with Crippen LogP contribution in [0.15, 0.2) is 18.5 Å². The van der Waals surface area contributed by atoms with Gasteiger partial charge in [0, 0.05) is 18.0 Å². The molecule has 0 aliphatic rings. The highest BCUT2D eigenvalue weighted by atomic mass is 16.5. The topological polar surface area (TPSA) is 75.3 Å². The first-order valence-corrected chi connectivity index (χ1v) is 7.91. The summed E-state index contributed by atoms with van der Waals surface area (Å²) in [6.07, 6.45) is 2.63. The summed E-state index contributed by atoms with van der Waals surface area (Å²) in [7, 11) is 7.40. The average Bonchev–Trinajstić information content (AvgIpc) is 2.95. The fourth-order valence-electron chi connectivity index (χ4n) is 2.76. The molecule has 0 fully saturated rings. The third-order valence-electron chi connectivity index (χ3n) is 3.96. The van der Waals surface area contributed by atoms with E-state index in [1.165, 1.54) is 0 Å². The van der Waals surface area contributed by atoms with Crippen molar-refractivity contribution in [3.8, 4) is 11.5 Å². The van der Waals surface area contributed by atoms with Crippen LogP contribution in [0.2, 0.25) is 0 Å². The fraction of sp³-hybridized carbons (Fsp3) is 0.412. The monoisotopic (exact) mass is 329 g/mol. The number of H-pyrrole nitrogens is 1. The highest BCUT2D eigenvalue weighted by molar-refractivity contribution is 6.09. The standard InChI is InChI=1S/C17H23N5O2/c1-22(2)7-5-6-18-17-16-15(19-10-20-17)11-8-13(23-3)14(24-4)9-12(11)21-16/h8-10,21H,5-7H2,1-4H3,(H,18,19,20). The molecule has 24 heavy (non-hydrogen) atoms. The Morgan fingerprint density at radius 2 is 1.88 bits per heavy atom. The van der Waals surface area contributed by atoms with E-state index < -0.39 is 0 Å². The molecule has 0 bridgehead atoms. The highest BCUT2D eigenvalue weighted by Crippen LogP contribution is 2.36. The summed E-state index contributed by atoms with van der Waals surface area (Å²) in [5, 5.41) is 4.38. The van der Waals surface area contributed by atoms with Gasteiger partial charge in [-0.25, -0.2) is 9.97 Å². The summed E-state index contributed by atoms with van der Waals surface area (Å²) in [6.45, 7) is 1.88. The van der Waals surface area contributed by atoms with Crippen LogP contribution in [-0.2, 0) is 0 Å². The van der Waals surface area contributed by atoms with Gasteiger partial charge in [-0.1, -0.05) is 0 Å². The fourth-order valence-corrected chi connectivity index (χ4v) is 2.76. The van der Waals surface area contributed by atoms with Crippen LogP contribution in [0, 0.1) is 0 Å². The zero-order valence-corrected chi connectivity index (χ0v) is 14.5. The first-order chi connectivity index (χ1) is 11.6. The predicted molar refractivity (Wildman–Crippen MR) is 96.2 cm³/mol. The van der Waals surface area contributed by atoms with Gasteiger partial charge >= 0.3 is 0 Å². The van der Waals surface area contributed by atoms with Crippen LogP contribution in [0.1, 0.15) is 6.42 Å². The van der Waals surface area contributed by atoms with Crippen molar-refractivity contribution in [1.29, 1.82) is 0 Å². The molecule has 3 rings (SSSR count). The molecule has 2 aromatic heterocycles. The van der Waals surface area contributed by atoms with Crippen LogP contribution < -0.4 is 14.8 Å². The lowest BCUT2D eigenvalue weighted by molar-refractivity contribution is 0.356. The van der Waals surface area contributed by atoms with E-state index in [0.29, 0.717) is 11.5 Å². The lowest BCUT2D eigenvalue weighted by Gasteiger charge is -2.10. The lowest BCUT2D eigenvalue weighted by Crippen LogP contribution is -2.16. The Kier molecular flexibility index (Phi) is 4.71. The predicted octanol–water partition coefficient (Wildman–Crippen LogP) is 2.49. The highest BCUT2D eigenvalue weighted by Gasteiger charge is 2.14. The van der Waals surface area contributed by atoms with Gasteiger partial charge in [-0.3, -0.25) is 0 Å². The minimum atomic E-state index is 0.685. The summed E-state index contributed by atoms with van der Waals surface area (Å²) < 4.78 is 10.8. The molecule has 1 aromatic carbocycles. The van der Waals surface area contributed by atoms with Gasteiger partial charge in [0.05, 0.1) is 19.7 Å². The van der Waals surface area contributed by atoms with Crippen LogP contribution in [0.4, 0.5) is 5.82 Å². The Morgan fingerprint density at radius 3 is 2.58 bits per heavy atom. The number of anilines is 1. The molecule has 3 aromatic rings. The average molecular weight is 329 g/mol. The van der Waals surface area contributed by atoms with E-state index in [-0.39, 0.29) is 0 Å². The Labute approximate surface area is 141 Å². The van der Waals surface area contributed by atoms with Gasteiger partial charge in [0.2, 0.25) is 0 Å². The summed E-state index contributed by atoms with van der Waals surface area (Å²) in [4.78, 5) is 14.4. The number of ether oxygens (including phenoxy) is 2. The smallest absolute Gasteiger partial charge is 0.162 e. The van der Waals surface area contributed by atoms with E-state index in [1.54, 1.807) is 20.5 Å². The van der Waals surface area contributed by atoms with Crippen LogP contribution >= 0.6 is 0 Å². The maximum Gasteiger partial charge on any atom is 0.162 e. The molecule has 0 aliphatic carbocycles. The first kappa shape index (κ1) is 16.3. The van der Waals surface area contributed by atoms with Crippen molar-refractivity contribution in [2.75, 3.05) is 46.7 Å². The molecule has 0 saturated carbocycles. The second-order valence-electron chi connectivity index (χ2n) is 5.91. The largest absolute Gasteiger partial charge is 0.493 e. The summed E-state index contributed by atoms with van der Waals surface area (Å²) in [5.41, 5.74) is 2.71. The van der Waals surface area contributed by atoms with E-state index in [1.807, 2.05) is 12.1 Å². The number of hydrogen-bond acceptors (Lipinski definition) is 6. The molecule has 2 N–H and O–H groups in total. The van der Waals surface area contributed by atoms with Crippen LogP contribution in [0.5, 0.6) is 11.5 Å². The Balaban J connectivity index is 1.97. The van der Waals surface area contributed by atoms with E-state index in [4.69, 9.17) is 9.47 Å². The maximum absolute atomic E-state index is 5.39. The van der Waals surface area contributed by atoms with Crippen LogP contribution in [0.25, 0.3) is 21.9 Å². The first-order valence-electron chi connectivity index (χ1n) is 7.91. The molecule has 0 spiro atoms. The van der Waals surface area contributed by atoms with Gasteiger partial charge in [0.25, 0.3) is 0 Å². The SMILES string of the molecule is COc1cc2[nH]c3c(NCCCN(C)C)ncnc3c2cc1OC. The minimum Gasteiger partial charge on any atom is -0.493 e. The van der Waals surface area contributed by atoms with Gasteiger partial charge in [-0.15, -0.1) is 0 Å². The van der Waals surface area contributed by atoms with Gasteiger partial charge in [-0.2, -0.15) is 0 Å². The zero-order chi connectivity index (χ0) is 17.1. The van der Waals surface area contributed by atoms with Crippen molar-refractivity contribution in [1.82, 2.24) is 19.9 Å². The molecule has 0 unspecified atom stereocenters. The normalized spacial score (nSPS) is 11.4. The van der Waals surface area contributed by atoms with Gasteiger partial charge in [-0.05, 0) is 33.1 Å². The van der Waals surface area contributed by atoms with Crippen LogP contribution in [0.3, 0.4) is 0 Å². The van der Waals surface area contributed by atoms with Crippen LogP contribution in [-0.4, -0.2) is 61.3 Å². The van der Waals surface area contributed by atoms with E-state index in [2.05, 4.69) is 39.3 Å². The van der Waals surface area contributed by atoms with E-state index >= 15 is 0 Å². The zero-order valence-electron chi connectivity index (χ0n) is 14.5.